The SMILES string of the molecule is Cc1nc(C)c(-c2nnc(NC(=O)Nc3ccccc3C(F)(F)F)o2)s1. The van der Waals surface area contributed by atoms with E-state index in [1.165, 1.54) is 23.5 Å². The van der Waals surface area contributed by atoms with E-state index in [0.29, 0.717) is 10.6 Å². The lowest BCUT2D eigenvalue weighted by atomic mass is 10.1. The predicted octanol–water partition coefficient (Wildman–Crippen LogP) is 4.47. The van der Waals surface area contributed by atoms with Gasteiger partial charge in [-0.05, 0) is 26.0 Å². The fourth-order valence-corrected chi connectivity index (χ4v) is 3.03. The van der Waals surface area contributed by atoms with E-state index in [0.717, 1.165) is 17.1 Å². The molecule has 1 aromatic carbocycles. The average molecular weight is 383 g/mol. The van der Waals surface area contributed by atoms with E-state index in [1.807, 2.05) is 6.92 Å². The third-order valence-corrected chi connectivity index (χ3v) is 4.28. The summed E-state index contributed by atoms with van der Waals surface area (Å²) in [5, 5.41) is 12.6. The van der Waals surface area contributed by atoms with Crippen LogP contribution in [0.5, 0.6) is 0 Å². The molecule has 0 unspecified atom stereocenters. The van der Waals surface area contributed by atoms with Crippen molar-refractivity contribution in [3.63, 3.8) is 0 Å². The van der Waals surface area contributed by atoms with Crippen molar-refractivity contribution in [2.75, 3.05) is 10.6 Å². The van der Waals surface area contributed by atoms with Gasteiger partial charge in [-0.25, -0.2) is 9.78 Å². The summed E-state index contributed by atoms with van der Waals surface area (Å²) < 4.78 is 44.1. The summed E-state index contributed by atoms with van der Waals surface area (Å²) in [6.45, 7) is 3.60. The zero-order valence-electron chi connectivity index (χ0n) is 13.5. The number of amides is 2. The molecule has 2 amide bonds. The fourth-order valence-electron chi connectivity index (χ4n) is 2.19. The number of aryl methyl sites for hydroxylation is 2. The Morgan fingerprint density at radius 3 is 2.54 bits per heavy atom. The van der Waals surface area contributed by atoms with Gasteiger partial charge in [-0.3, -0.25) is 5.32 Å². The molecule has 0 atom stereocenters. The third kappa shape index (κ3) is 3.82. The molecule has 0 saturated heterocycles. The summed E-state index contributed by atoms with van der Waals surface area (Å²) in [4.78, 5) is 16.8. The van der Waals surface area contributed by atoms with Gasteiger partial charge in [0.1, 0.15) is 4.88 Å². The summed E-state index contributed by atoms with van der Waals surface area (Å²) in [5.41, 5.74) is -0.644. The Labute approximate surface area is 149 Å². The van der Waals surface area contributed by atoms with E-state index in [9.17, 15) is 18.0 Å². The molecule has 11 heteroatoms. The topological polar surface area (TPSA) is 92.9 Å². The Bertz CT molecular complexity index is 951. The van der Waals surface area contributed by atoms with Gasteiger partial charge >= 0.3 is 18.2 Å². The molecule has 0 saturated carbocycles. The van der Waals surface area contributed by atoms with Gasteiger partial charge in [-0.15, -0.1) is 16.4 Å². The highest BCUT2D eigenvalue weighted by Crippen LogP contribution is 2.34. The Morgan fingerprint density at radius 1 is 1.15 bits per heavy atom. The first-order chi connectivity index (χ1) is 12.2. The fraction of sp³-hybridized carbons (Fsp3) is 0.200. The highest BCUT2D eigenvalue weighted by molar-refractivity contribution is 7.15. The largest absolute Gasteiger partial charge is 0.418 e. The number of nitrogens with one attached hydrogen (secondary N) is 2. The van der Waals surface area contributed by atoms with E-state index in [1.54, 1.807) is 6.92 Å². The molecule has 0 radical (unpaired) electrons. The minimum atomic E-state index is -4.59. The number of benzene rings is 1. The number of anilines is 2. The number of carbonyl (C=O) groups is 1. The molecule has 2 heterocycles. The molecule has 0 spiro atoms. The summed E-state index contributed by atoms with van der Waals surface area (Å²) in [7, 11) is 0. The molecule has 26 heavy (non-hydrogen) atoms. The van der Waals surface area contributed by atoms with E-state index in [-0.39, 0.29) is 17.6 Å². The molecule has 0 bridgehead atoms. The molecule has 0 aliphatic heterocycles. The minimum Gasteiger partial charge on any atom is -0.402 e. The summed E-state index contributed by atoms with van der Waals surface area (Å²) >= 11 is 1.35. The second-order valence-electron chi connectivity index (χ2n) is 5.18. The predicted molar refractivity (Wildman–Crippen MR) is 89.0 cm³/mol. The molecule has 136 valence electrons. The van der Waals surface area contributed by atoms with Crippen LogP contribution in [-0.4, -0.2) is 21.2 Å². The standard InChI is InChI=1S/C15H12F3N5O2S/c1-7-11(26-8(2)19-7)12-22-23-14(25-12)21-13(24)20-10-6-4-3-5-9(10)15(16,17)18/h3-6H,1-2H3,(H2,20,21,23,24). The maximum Gasteiger partial charge on any atom is 0.418 e. The second-order valence-corrected chi connectivity index (χ2v) is 6.39. The average Bonchev–Trinajstić information content (AvgIpc) is 3.12. The van der Waals surface area contributed by atoms with Gasteiger partial charge in [-0.2, -0.15) is 13.2 Å². The van der Waals surface area contributed by atoms with Crippen LogP contribution in [0.4, 0.5) is 29.7 Å². The number of alkyl halides is 3. The van der Waals surface area contributed by atoms with Crippen molar-refractivity contribution in [3.05, 3.63) is 40.5 Å². The van der Waals surface area contributed by atoms with Crippen LogP contribution in [0.3, 0.4) is 0 Å². The van der Waals surface area contributed by atoms with Crippen LogP contribution in [0.15, 0.2) is 28.7 Å². The van der Waals surface area contributed by atoms with Crippen molar-refractivity contribution < 1.29 is 22.4 Å². The molecular weight excluding hydrogens is 371 g/mol. The molecule has 0 aliphatic rings. The Balaban J connectivity index is 1.73. The lowest BCUT2D eigenvalue weighted by Crippen LogP contribution is -2.22. The molecule has 3 rings (SSSR count). The zero-order chi connectivity index (χ0) is 18.9. The van der Waals surface area contributed by atoms with Crippen LogP contribution in [0.2, 0.25) is 0 Å². The van der Waals surface area contributed by atoms with Crippen molar-refractivity contribution in [3.8, 4) is 10.8 Å². The van der Waals surface area contributed by atoms with Gasteiger partial charge in [0.15, 0.2) is 0 Å². The van der Waals surface area contributed by atoms with Crippen LogP contribution in [-0.2, 0) is 6.18 Å². The van der Waals surface area contributed by atoms with Crippen molar-refractivity contribution in [1.82, 2.24) is 15.2 Å². The number of hydrogen-bond donors (Lipinski definition) is 2. The minimum absolute atomic E-state index is 0.166. The van der Waals surface area contributed by atoms with Crippen LogP contribution < -0.4 is 10.6 Å². The summed E-state index contributed by atoms with van der Waals surface area (Å²) in [6, 6.07) is 3.45. The second kappa shape index (κ2) is 6.75. The Kier molecular flexibility index (Phi) is 4.64. The quantitative estimate of drug-likeness (QED) is 0.696. The molecule has 2 N–H and O–H groups in total. The van der Waals surface area contributed by atoms with Gasteiger partial charge < -0.3 is 9.73 Å². The van der Waals surface area contributed by atoms with Crippen LogP contribution in [0.25, 0.3) is 10.8 Å². The highest BCUT2D eigenvalue weighted by Gasteiger charge is 2.33. The van der Waals surface area contributed by atoms with Gasteiger partial charge in [0.05, 0.1) is 22.0 Å². The van der Waals surface area contributed by atoms with Crippen molar-refractivity contribution in [2.45, 2.75) is 20.0 Å². The smallest absolute Gasteiger partial charge is 0.402 e. The first kappa shape index (κ1) is 17.9. The van der Waals surface area contributed by atoms with Gasteiger partial charge in [0, 0.05) is 0 Å². The zero-order valence-corrected chi connectivity index (χ0v) is 14.3. The van der Waals surface area contributed by atoms with Crippen LogP contribution >= 0.6 is 11.3 Å². The number of halogens is 3. The number of carbonyl (C=O) groups excluding carboxylic acids is 1. The lowest BCUT2D eigenvalue weighted by molar-refractivity contribution is -0.136. The number of thiazole rings is 1. The molecule has 2 aromatic heterocycles. The maximum atomic E-state index is 12.9. The van der Waals surface area contributed by atoms with Crippen molar-refractivity contribution >= 4 is 29.1 Å². The normalized spacial score (nSPS) is 11.4. The van der Waals surface area contributed by atoms with E-state index in [4.69, 9.17) is 4.42 Å². The Morgan fingerprint density at radius 2 is 1.88 bits per heavy atom. The van der Waals surface area contributed by atoms with Gasteiger partial charge in [0.25, 0.3) is 5.89 Å². The monoisotopic (exact) mass is 383 g/mol. The first-order valence-electron chi connectivity index (χ1n) is 7.26. The number of nitrogens with zero attached hydrogens (tertiary/aromatic N) is 3. The van der Waals surface area contributed by atoms with Gasteiger partial charge in [-0.1, -0.05) is 17.2 Å². The first-order valence-corrected chi connectivity index (χ1v) is 8.08. The van der Waals surface area contributed by atoms with Crippen LogP contribution in [0, 0.1) is 13.8 Å². The summed E-state index contributed by atoms with van der Waals surface area (Å²) in [6.07, 6.45) is -4.59. The van der Waals surface area contributed by atoms with Crippen LogP contribution in [0.1, 0.15) is 16.3 Å². The molecule has 7 nitrogen and oxygen atoms in total. The van der Waals surface area contributed by atoms with Crippen molar-refractivity contribution in [1.29, 1.82) is 0 Å². The van der Waals surface area contributed by atoms with E-state index in [2.05, 4.69) is 25.8 Å². The number of aromatic nitrogens is 3. The van der Waals surface area contributed by atoms with Gasteiger partial charge in [0.2, 0.25) is 0 Å². The lowest BCUT2D eigenvalue weighted by Gasteiger charge is -2.13. The number of para-hydroxylation sites is 1. The Hall–Kier alpha value is -2.95. The number of urea groups is 1. The highest BCUT2D eigenvalue weighted by atomic mass is 32.1. The maximum absolute atomic E-state index is 12.9. The third-order valence-electron chi connectivity index (χ3n) is 3.22. The molecular formula is C15H12F3N5O2S. The molecule has 3 aromatic rings. The van der Waals surface area contributed by atoms with Crippen molar-refractivity contribution in [2.24, 2.45) is 0 Å². The molecule has 0 fully saturated rings. The summed E-state index contributed by atoms with van der Waals surface area (Å²) in [5.74, 6) is 0.166. The van der Waals surface area contributed by atoms with E-state index < -0.39 is 17.8 Å². The number of rotatable bonds is 3. The molecule has 0 aliphatic carbocycles. The number of hydrogen-bond acceptors (Lipinski definition) is 6. The van der Waals surface area contributed by atoms with E-state index >= 15 is 0 Å².